The molecule has 0 saturated carbocycles. The van der Waals surface area contributed by atoms with Crippen LogP contribution in [0, 0.1) is 0 Å². The zero-order valence-electron chi connectivity index (χ0n) is 11.9. The van der Waals surface area contributed by atoms with E-state index in [1.807, 2.05) is 10.6 Å². The van der Waals surface area contributed by atoms with Crippen LogP contribution in [-0.2, 0) is 6.42 Å². The van der Waals surface area contributed by atoms with E-state index >= 15 is 0 Å². The average molecular weight is 268 g/mol. The number of para-hydroxylation sites is 1. The van der Waals surface area contributed by atoms with Crippen molar-refractivity contribution in [2.45, 2.75) is 38.6 Å². The van der Waals surface area contributed by atoms with E-state index in [0.29, 0.717) is 12.5 Å². The number of hydrogen-bond donors (Lipinski definition) is 0. The van der Waals surface area contributed by atoms with E-state index in [1.165, 1.54) is 23.1 Å². The van der Waals surface area contributed by atoms with Crippen LogP contribution < -0.4 is 0 Å². The Labute approximate surface area is 119 Å². The van der Waals surface area contributed by atoms with Crippen LogP contribution in [0.25, 0.3) is 10.9 Å². The summed E-state index contributed by atoms with van der Waals surface area (Å²) in [6.45, 7) is 4.51. The van der Waals surface area contributed by atoms with Crippen LogP contribution in [0.15, 0.2) is 24.3 Å². The standard InChI is InChI=1S/C17H20N2O/c1-2-10-18-11-9-13-12-5-3-4-6-14(12)19-16(20)8-7-15(18)17(13)19/h3-6,15H,2,7-11H2,1H3. The van der Waals surface area contributed by atoms with Gasteiger partial charge in [0, 0.05) is 24.0 Å². The van der Waals surface area contributed by atoms with Gasteiger partial charge in [-0.15, -0.1) is 0 Å². The summed E-state index contributed by atoms with van der Waals surface area (Å²) >= 11 is 0. The molecule has 0 spiro atoms. The summed E-state index contributed by atoms with van der Waals surface area (Å²) in [5, 5.41) is 1.29. The molecule has 0 N–H and O–H groups in total. The SMILES string of the molecule is CCCN1CCc2c3n(c4ccccc24)C(=O)CCC31. The Morgan fingerprint density at radius 1 is 1.25 bits per heavy atom. The molecule has 3 heteroatoms. The largest absolute Gasteiger partial charge is 0.294 e. The van der Waals surface area contributed by atoms with Crippen molar-refractivity contribution in [1.82, 2.24) is 9.47 Å². The predicted octanol–water partition coefficient (Wildman–Crippen LogP) is 3.38. The lowest BCUT2D eigenvalue weighted by atomic mass is 9.92. The second-order valence-corrected chi connectivity index (χ2v) is 5.95. The van der Waals surface area contributed by atoms with E-state index in [4.69, 9.17) is 0 Å². The normalized spacial score (nSPS) is 22.2. The average Bonchev–Trinajstić information content (AvgIpc) is 2.81. The van der Waals surface area contributed by atoms with Gasteiger partial charge in [-0.3, -0.25) is 14.3 Å². The number of carbonyl (C=O) groups excluding carboxylic acids is 1. The fraction of sp³-hybridized carbons (Fsp3) is 0.471. The Hall–Kier alpha value is -1.61. The third kappa shape index (κ3) is 1.53. The van der Waals surface area contributed by atoms with Gasteiger partial charge in [-0.1, -0.05) is 25.1 Å². The number of carbonyl (C=O) groups is 1. The molecule has 0 aliphatic carbocycles. The first-order valence-corrected chi connectivity index (χ1v) is 7.70. The van der Waals surface area contributed by atoms with Crippen molar-refractivity contribution < 1.29 is 4.79 Å². The van der Waals surface area contributed by atoms with Crippen molar-refractivity contribution in [3.63, 3.8) is 0 Å². The van der Waals surface area contributed by atoms with E-state index in [0.717, 1.165) is 31.4 Å². The van der Waals surface area contributed by atoms with Crippen molar-refractivity contribution in [2.24, 2.45) is 0 Å². The molecule has 1 aromatic carbocycles. The Balaban J connectivity index is 1.97. The van der Waals surface area contributed by atoms with E-state index in [-0.39, 0.29) is 5.91 Å². The predicted molar refractivity (Wildman–Crippen MR) is 80.1 cm³/mol. The molecule has 0 radical (unpaired) electrons. The van der Waals surface area contributed by atoms with Crippen molar-refractivity contribution >= 4 is 16.8 Å². The molecule has 20 heavy (non-hydrogen) atoms. The Morgan fingerprint density at radius 3 is 2.95 bits per heavy atom. The topological polar surface area (TPSA) is 25.2 Å². The van der Waals surface area contributed by atoms with Gasteiger partial charge in [-0.05, 0) is 37.4 Å². The van der Waals surface area contributed by atoms with Gasteiger partial charge in [0.2, 0.25) is 5.91 Å². The molecule has 0 saturated heterocycles. The van der Waals surface area contributed by atoms with Gasteiger partial charge in [-0.25, -0.2) is 0 Å². The zero-order valence-corrected chi connectivity index (χ0v) is 11.9. The maximum absolute atomic E-state index is 12.4. The van der Waals surface area contributed by atoms with Crippen molar-refractivity contribution in [3.8, 4) is 0 Å². The van der Waals surface area contributed by atoms with Crippen LogP contribution >= 0.6 is 0 Å². The lowest BCUT2D eigenvalue weighted by Gasteiger charge is -2.38. The number of rotatable bonds is 2. The van der Waals surface area contributed by atoms with Crippen molar-refractivity contribution in [2.75, 3.05) is 13.1 Å². The summed E-state index contributed by atoms with van der Waals surface area (Å²) in [6.07, 6.45) is 3.92. The molecule has 104 valence electrons. The number of nitrogens with zero attached hydrogens (tertiary/aromatic N) is 2. The van der Waals surface area contributed by atoms with E-state index in [9.17, 15) is 4.79 Å². The molecule has 4 rings (SSSR count). The first kappa shape index (κ1) is 12.2. The Kier molecular flexibility index (Phi) is 2.71. The number of fused-ring (bicyclic) bond motifs is 3. The molecule has 2 aliphatic heterocycles. The third-order valence-electron chi connectivity index (χ3n) is 4.82. The van der Waals surface area contributed by atoms with Crippen LogP contribution in [-0.4, -0.2) is 28.5 Å². The van der Waals surface area contributed by atoms with Gasteiger partial charge >= 0.3 is 0 Å². The van der Waals surface area contributed by atoms with Gasteiger partial charge < -0.3 is 0 Å². The summed E-state index contributed by atoms with van der Waals surface area (Å²) in [4.78, 5) is 15.0. The van der Waals surface area contributed by atoms with Crippen molar-refractivity contribution in [3.05, 3.63) is 35.5 Å². The minimum absolute atomic E-state index is 0.275. The third-order valence-corrected chi connectivity index (χ3v) is 4.82. The van der Waals surface area contributed by atoms with Gasteiger partial charge in [0.05, 0.1) is 11.6 Å². The summed E-state index contributed by atoms with van der Waals surface area (Å²) in [6, 6.07) is 8.85. The van der Waals surface area contributed by atoms with Gasteiger partial charge in [0.1, 0.15) is 0 Å². The number of benzene rings is 1. The fourth-order valence-corrected chi connectivity index (χ4v) is 4.04. The quantitative estimate of drug-likeness (QED) is 0.834. The van der Waals surface area contributed by atoms with Crippen LogP contribution in [0.2, 0.25) is 0 Å². The molecule has 2 aromatic rings. The van der Waals surface area contributed by atoms with Crippen LogP contribution in [0.1, 0.15) is 48.3 Å². The maximum atomic E-state index is 12.4. The molecule has 1 aromatic heterocycles. The van der Waals surface area contributed by atoms with Crippen LogP contribution in [0.4, 0.5) is 0 Å². The highest BCUT2D eigenvalue weighted by Gasteiger charge is 2.37. The first-order valence-electron chi connectivity index (χ1n) is 7.70. The summed E-state index contributed by atoms with van der Waals surface area (Å²) in [7, 11) is 0. The van der Waals surface area contributed by atoms with E-state index < -0.39 is 0 Å². The molecular formula is C17H20N2O. The van der Waals surface area contributed by atoms with Crippen LogP contribution in [0.3, 0.4) is 0 Å². The highest BCUT2D eigenvalue weighted by molar-refractivity contribution is 5.97. The first-order chi connectivity index (χ1) is 9.81. The van der Waals surface area contributed by atoms with Gasteiger partial charge in [0.25, 0.3) is 0 Å². The second-order valence-electron chi connectivity index (χ2n) is 5.95. The lowest BCUT2D eigenvalue weighted by Crippen LogP contribution is -2.40. The molecule has 0 fully saturated rings. The van der Waals surface area contributed by atoms with Gasteiger partial charge in [-0.2, -0.15) is 0 Å². The molecule has 3 nitrogen and oxygen atoms in total. The molecule has 0 bridgehead atoms. The molecule has 3 heterocycles. The molecule has 0 amide bonds. The number of aromatic nitrogens is 1. The monoisotopic (exact) mass is 268 g/mol. The molecule has 2 aliphatic rings. The summed E-state index contributed by atoms with van der Waals surface area (Å²) in [5.41, 5.74) is 3.83. The second kappa shape index (κ2) is 4.45. The smallest absolute Gasteiger partial charge is 0.231 e. The maximum Gasteiger partial charge on any atom is 0.231 e. The molecule has 1 unspecified atom stereocenters. The van der Waals surface area contributed by atoms with Crippen molar-refractivity contribution in [1.29, 1.82) is 0 Å². The fourth-order valence-electron chi connectivity index (χ4n) is 4.04. The summed E-state index contributed by atoms with van der Waals surface area (Å²) in [5.74, 6) is 0.275. The minimum Gasteiger partial charge on any atom is -0.294 e. The lowest BCUT2D eigenvalue weighted by molar-refractivity contribution is 0.0811. The van der Waals surface area contributed by atoms with E-state index in [1.54, 1.807) is 0 Å². The zero-order chi connectivity index (χ0) is 13.7. The van der Waals surface area contributed by atoms with E-state index in [2.05, 4.69) is 30.0 Å². The highest BCUT2D eigenvalue weighted by Crippen LogP contribution is 2.42. The summed E-state index contributed by atoms with van der Waals surface area (Å²) < 4.78 is 2.01. The minimum atomic E-state index is 0.275. The molecular weight excluding hydrogens is 248 g/mol. The molecule has 1 atom stereocenters. The Morgan fingerprint density at radius 2 is 2.10 bits per heavy atom. The number of hydrogen-bond acceptors (Lipinski definition) is 2. The van der Waals surface area contributed by atoms with Crippen LogP contribution in [0.5, 0.6) is 0 Å². The van der Waals surface area contributed by atoms with Gasteiger partial charge in [0.15, 0.2) is 0 Å². The Bertz CT molecular complexity index is 686. The highest BCUT2D eigenvalue weighted by atomic mass is 16.2.